The molecule has 0 radical (unpaired) electrons. The maximum atomic E-state index is 12.4. The fraction of sp³-hybridized carbons (Fsp3) is 0.500. The Hall–Kier alpha value is -1.56. The number of nitrogens with zero attached hydrogens (tertiary/aromatic N) is 1. The molecule has 1 rings (SSSR count). The van der Waals surface area contributed by atoms with Gasteiger partial charge >= 0.3 is 6.18 Å². The van der Waals surface area contributed by atoms with Crippen LogP contribution in [0.4, 0.5) is 13.2 Å². The monoisotopic (exact) mass is 288 g/mol. The number of rotatable bonds is 4. The van der Waals surface area contributed by atoms with Gasteiger partial charge < -0.3 is 10.6 Å². The smallest absolute Gasteiger partial charge is 0.341 e. The van der Waals surface area contributed by atoms with Gasteiger partial charge in [-0.3, -0.25) is 4.79 Å². The molecule has 0 spiro atoms. The second kappa shape index (κ2) is 5.83. The van der Waals surface area contributed by atoms with Crippen molar-refractivity contribution in [3.05, 3.63) is 35.4 Å². The van der Waals surface area contributed by atoms with Crippen molar-refractivity contribution in [2.24, 2.45) is 5.73 Å². The minimum Gasteiger partial charge on any atom is -0.341 e. The molecule has 0 aliphatic carbocycles. The van der Waals surface area contributed by atoms with Gasteiger partial charge in [0.05, 0.1) is 5.56 Å². The topological polar surface area (TPSA) is 46.3 Å². The molecule has 0 saturated heterocycles. The summed E-state index contributed by atoms with van der Waals surface area (Å²) in [5.74, 6) is -0.141. The molecule has 3 nitrogen and oxygen atoms in total. The van der Waals surface area contributed by atoms with Crippen molar-refractivity contribution in [1.82, 2.24) is 4.90 Å². The standard InChI is InChI=1S/C14H19F3N2O/c1-13(2,18)8-12(20)19(3)9-10-4-6-11(7-5-10)14(15,16)17/h4-7H,8-9,18H2,1-3H3. The highest BCUT2D eigenvalue weighted by atomic mass is 19.4. The van der Waals surface area contributed by atoms with E-state index in [0.717, 1.165) is 12.1 Å². The number of hydrogen-bond donors (Lipinski definition) is 1. The van der Waals surface area contributed by atoms with Gasteiger partial charge in [-0.15, -0.1) is 0 Å². The van der Waals surface area contributed by atoms with Crippen molar-refractivity contribution in [3.63, 3.8) is 0 Å². The first kappa shape index (κ1) is 16.5. The minimum absolute atomic E-state index is 0.141. The molecular formula is C14H19F3N2O. The van der Waals surface area contributed by atoms with Crippen LogP contribution in [0.2, 0.25) is 0 Å². The van der Waals surface area contributed by atoms with Gasteiger partial charge in [0.15, 0.2) is 0 Å². The fourth-order valence-corrected chi connectivity index (χ4v) is 1.69. The number of benzene rings is 1. The average Bonchev–Trinajstić information content (AvgIpc) is 2.26. The Kier molecular flexibility index (Phi) is 4.81. The van der Waals surface area contributed by atoms with Crippen LogP contribution in [0.3, 0.4) is 0 Å². The van der Waals surface area contributed by atoms with Crippen molar-refractivity contribution < 1.29 is 18.0 Å². The number of hydrogen-bond acceptors (Lipinski definition) is 2. The molecule has 0 bridgehead atoms. The normalized spacial score (nSPS) is 12.3. The lowest BCUT2D eigenvalue weighted by atomic mass is 10.0. The number of amides is 1. The fourth-order valence-electron chi connectivity index (χ4n) is 1.69. The first-order valence-corrected chi connectivity index (χ1v) is 6.18. The zero-order valence-electron chi connectivity index (χ0n) is 11.8. The molecule has 0 saturated carbocycles. The summed E-state index contributed by atoms with van der Waals surface area (Å²) in [5.41, 5.74) is 5.10. The van der Waals surface area contributed by atoms with E-state index in [1.165, 1.54) is 17.0 Å². The summed E-state index contributed by atoms with van der Waals surface area (Å²) in [6.45, 7) is 3.75. The van der Waals surface area contributed by atoms with Crippen LogP contribution in [0.15, 0.2) is 24.3 Å². The van der Waals surface area contributed by atoms with E-state index in [0.29, 0.717) is 5.56 Å². The lowest BCUT2D eigenvalue weighted by molar-refractivity contribution is -0.137. The molecule has 0 atom stereocenters. The number of alkyl halides is 3. The van der Waals surface area contributed by atoms with E-state index >= 15 is 0 Å². The second-order valence-electron chi connectivity index (χ2n) is 5.61. The quantitative estimate of drug-likeness (QED) is 0.926. The first-order chi connectivity index (χ1) is 8.99. The molecule has 1 aromatic rings. The van der Waals surface area contributed by atoms with E-state index in [-0.39, 0.29) is 18.9 Å². The summed E-state index contributed by atoms with van der Waals surface area (Å²) in [4.78, 5) is 13.3. The van der Waals surface area contributed by atoms with Gasteiger partial charge in [0, 0.05) is 25.6 Å². The van der Waals surface area contributed by atoms with Gasteiger partial charge in [0.2, 0.25) is 5.91 Å². The maximum absolute atomic E-state index is 12.4. The highest BCUT2D eigenvalue weighted by Gasteiger charge is 2.30. The molecule has 0 aliphatic rings. The summed E-state index contributed by atoms with van der Waals surface area (Å²) in [7, 11) is 1.60. The Balaban J connectivity index is 2.67. The van der Waals surface area contributed by atoms with E-state index in [1.807, 2.05) is 0 Å². The Bertz CT molecular complexity index is 461. The van der Waals surface area contributed by atoms with Gasteiger partial charge in [-0.05, 0) is 31.5 Å². The molecular weight excluding hydrogens is 269 g/mol. The molecule has 0 aromatic heterocycles. The highest BCUT2D eigenvalue weighted by molar-refractivity contribution is 5.77. The largest absolute Gasteiger partial charge is 0.416 e. The van der Waals surface area contributed by atoms with E-state index < -0.39 is 17.3 Å². The van der Waals surface area contributed by atoms with Gasteiger partial charge in [0.1, 0.15) is 0 Å². The van der Waals surface area contributed by atoms with Crippen LogP contribution in [0.5, 0.6) is 0 Å². The van der Waals surface area contributed by atoms with Gasteiger partial charge in [-0.1, -0.05) is 12.1 Å². The summed E-state index contributed by atoms with van der Waals surface area (Å²) in [6, 6.07) is 4.78. The number of nitrogens with two attached hydrogens (primary N) is 1. The van der Waals surface area contributed by atoms with Crippen LogP contribution < -0.4 is 5.73 Å². The van der Waals surface area contributed by atoms with Crippen LogP contribution in [-0.2, 0) is 17.5 Å². The van der Waals surface area contributed by atoms with E-state index in [2.05, 4.69) is 0 Å². The van der Waals surface area contributed by atoms with Crippen molar-refractivity contribution in [2.45, 2.75) is 38.5 Å². The van der Waals surface area contributed by atoms with E-state index in [1.54, 1.807) is 20.9 Å². The molecule has 1 aromatic carbocycles. The van der Waals surface area contributed by atoms with Gasteiger partial charge in [0.25, 0.3) is 0 Å². The van der Waals surface area contributed by atoms with E-state index in [4.69, 9.17) is 5.73 Å². The molecule has 6 heteroatoms. The summed E-state index contributed by atoms with van der Waals surface area (Å²) in [5, 5.41) is 0. The van der Waals surface area contributed by atoms with Gasteiger partial charge in [-0.25, -0.2) is 0 Å². The Labute approximate surface area is 116 Å². The van der Waals surface area contributed by atoms with Crippen LogP contribution >= 0.6 is 0 Å². The molecule has 0 aliphatic heterocycles. The number of carbonyl (C=O) groups is 1. The molecule has 112 valence electrons. The van der Waals surface area contributed by atoms with Crippen molar-refractivity contribution in [2.75, 3.05) is 7.05 Å². The highest BCUT2D eigenvalue weighted by Crippen LogP contribution is 2.29. The molecule has 0 fully saturated rings. The van der Waals surface area contributed by atoms with Crippen LogP contribution in [-0.4, -0.2) is 23.4 Å². The molecule has 1 amide bonds. The lowest BCUT2D eigenvalue weighted by Crippen LogP contribution is -2.39. The first-order valence-electron chi connectivity index (χ1n) is 6.18. The summed E-state index contributed by atoms with van der Waals surface area (Å²) in [6.07, 6.45) is -4.16. The minimum atomic E-state index is -4.34. The van der Waals surface area contributed by atoms with Crippen LogP contribution in [0.25, 0.3) is 0 Å². The third-order valence-electron chi connectivity index (χ3n) is 2.73. The molecule has 0 heterocycles. The zero-order chi connectivity index (χ0) is 15.6. The average molecular weight is 288 g/mol. The SMILES string of the molecule is CN(Cc1ccc(C(F)(F)F)cc1)C(=O)CC(C)(C)N. The van der Waals surface area contributed by atoms with E-state index in [9.17, 15) is 18.0 Å². The number of halogens is 3. The molecule has 2 N–H and O–H groups in total. The predicted octanol–water partition coefficient (Wildman–Crippen LogP) is 2.79. The molecule has 0 unspecified atom stereocenters. The summed E-state index contributed by atoms with van der Waals surface area (Å²) < 4.78 is 37.3. The van der Waals surface area contributed by atoms with Crippen molar-refractivity contribution >= 4 is 5.91 Å². The molecule has 20 heavy (non-hydrogen) atoms. The van der Waals surface area contributed by atoms with Gasteiger partial charge in [-0.2, -0.15) is 13.2 Å². The maximum Gasteiger partial charge on any atom is 0.416 e. The Morgan fingerprint density at radius 3 is 2.10 bits per heavy atom. The second-order valence-corrected chi connectivity index (χ2v) is 5.61. The third-order valence-corrected chi connectivity index (χ3v) is 2.73. The Morgan fingerprint density at radius 1 is 1.20 bits per heavy atom. The lowest BCUT2D eigenvalue weighted by Gasteiger charge is -2.23. The zero-order valence-corrected chi connectivity index (χ0v) is 11.8. The predicted molar refractivity (Wildman–Crippen MR) is 70.8 cm³/mol. The third kappa shape index (κ3) is 5.21. The van der Waals surface area contributed by atoms with Crippen molar-refractivity contribution in [1.29, 1.82) is 0 Å². The van der Waals surface area contributed by atoms with Crippen molar-refractivity contribution in [3.8, 4) is 0 Å². The number of carbonyl (C=O) groups excluding carboxylic acids is 1. The Morgan fingerprint density at radius 2 is 1.70 bits per heavy atom. The summed E-state index contributed by atoms with van der Waals surface area (Å²) >= 11 is 0. The van der Waals surface area contributed by atoms with Crippen LogP contribution in [0, 0.1) is 0 Å². The van der Waals surface area contributed by atoms with Crippen LogP contribution in [0.1, 0.15) is 31.4 Å².